The highest BCUT2D eigenvalue weighted by Gasteiger charge is 2.10. The Bertz CT molecular complexity index is 767. The predicted octanol–water partition coefficient (Wildman–Crippen LogP) is 3.06. The molecule has 0 aliphatic carbocycles. The minimum Gasteiger partial charge on any atom is -0.497 e. The molecule has 3 rings (SSSR count). The van der Waals surface area contributed by atoms with E-state index in [-0.39, 0.29) is 0 Å². The molecule has 0 radical (unpaired) electrons. The number of anilines is 2. The maximum Gasteiger partial charge on any atom is 0.215 e. The molecule has 0 saturated heterocycles. The van der Waals surface area contributed by atoms with Gasteiger partial charge in [0, 0.05) is 30.6 Å². The molecule has 5 nitrogen and oxygen atoms in total. The number of hydrogen-bond donors (Lipinski definition) is 1. The summed E-state index contributed by atoms with van der Waals surface area (Å²) in [7, 11) is 3.64. The number of nitrogens with zero attached hydrogens (tertiary/aromatic N) is 2. The molecule has 0 fully saturated rings. The summed E-state index contributed by atoms with van der Waals surface area (Å²) in [6.07, 6.45) is 0. The third kappa shape index (κ3) is 2.76. The lowest BCUT2D eigenvalue weighted by Crippen LogP contribution is -2.16. The van der Waals surface area contributed by atoms with Gasteiger partial charge in [-0.1, -0.05) is 6.07 Å². The molecule has 0 bridgehead atoms. The molecule has 0 unspecified atom stereocenters. The number of aromatic nitrogens is 1. The monoisotopic (exact) mass is 283 g/mol. The molecule has 5 heteroatoms. The average Bonchev–Trinajstić information content (AvgIpc) is 2.88. The largest absolute Gasteiger partial charge is 0.497 e. The van der Waals surface area contributed by atoms with Crippen LogP contribution in [0.5, 0.6) is 5.75 Å². The van der Waals surface area contributed by atoms with Crippen LogP contribution in [0.15, 0.2) is 46.9 Å². The first-order valence-electron chi connectivity index (χ1n) is 6.66. The van der Waals surface area contributed by atoms with Gasteiger partial charge >= 0.3 is 0 Å². The van der Waals surface area contributed by atoms with Gasteiger partial charge in [0.2, 0.25) is 5.89 Å². The van der Waals surface area contributed by atoms with E-state index in [0.29, 0.717) is 23.7 Å². The van der Waals surface area contributed by atoms with Gasteiger partial charge < -0.3 is 19.8 Å². The van der Waals surface area contributed by atoms with Gasteiger partial charge in [0.1, 0.15) is 11.3 Å². The van der Waals surface area contributed by atoms with Crippen LogP contribution in [0.1, 0.15) is 5.89 Å². The summed E-state index contributed by atoms with van der Waals surface area (Å²) in [5, 5.41) is 0. The van der Waals surface area contributed by atoms with Gasteiger partial charge in [0.05, 0.1) is 13.7 Å². The Balaban J connectivity index is 1.83. The Hall–Kier alpha value is -2.69. The summed E-state index contributed by atoms with van der Waals surface area (Å²) < 4.78 is 11.0. The fourth-order valence-corrected chi connectivity index (χ4v) is 2.20. The van der Waals surface area contributed by atoms with Gasteiger partial charge in [-0.15, -0.1) is 0 Å². The fraction of sp³-hybridized carbons (Fsp3) is 0.188. The van der Waals surface area contributed by atoms with E-state index < -0.39 is 0 Å². The lowest BCUT2D eigenvalue weighted by molar-refractivity contribution is 0.414. The zero-order chi connectivity index (χ0) is 14.8. The van der Waals surface area contributed by atoms with Gasteiger partial charge in [-0.3, -0.25) is 0 Å². The normalized spacial score (nSPS) is 10.8. The standard InChI is InChI=1S/C16H17N3O2/c1-19(12-4-3-5-13(9-12)20-2)10-16-18-14-7-6-11(17)8-15(14)21-16/h3-9H,10,17H2,1-2H3. The van der Waals surface area contributed by atoms with E-state index in [0.717, 1.165) is 17.0 Å². The third-order valence-corrected chi connectivity index (χ3v) is 3.32. The second-order valence-electron chi connectivity index (χ2n) is 4.89. The predicted molar refractivity (Wildman–Crippen MR) is 83.5 cm³/mol. The van der Waals surface area contributed by atoms with Crippen molar-refractivity contribution in [2.75, 3.05) is 24.8 Å². The molecule has 0 aliphatic rings. The van der Waals surface area contributed by atoms with Crippen LogP contribution < -0.4 is 15.4 Å². The number of oxazole rings is 1. The summed E-state index contributed by atoms with van der Waals surface area (Å²) in [6, 6.07) is 13.3. The van der Waals surface area contributed by atoms with Gasteiger partial charge in [0.25, 0.3) is 0 Å². The molecule has 3 aromatic rings. The van der Waals surface area contributed by atoms with E-state index >= 15 is 0 Å². The molecule has 0 saturated carbocycles. The Kier molecular flexibility index (Phi) is 3.39. The number of nitrogens with two attached hydrogens (primary N) is 1. The third-order valence-electron chi connectivity index (χ3n) is 3.32. The van der Waals surface area contributed by atoms with Crippen molar-refractivity contribution in [1.29, 1.82) is 0 Å². The molecule has 2 N–H and O–H groups in total. The quantitative estimate of drug-likeness (QED) is 0.745. The van der Waals surface area contributed by atoms with Crippen molar-refractivity contribution in [2.45, 2.75) is 6.54 Å². The molecule has 0 spiro atoms. The number of methoxy groups -OCH3 is 1. The first-order valence-corrected chi connectivity index (χ1v) is 6.66. The van der Waals surface area contributed by atoms with Crippen molar-refractivity contribution in [3.05, 3.63) is 48.4 Å². The second kappa shape index (κ2) is 5.36. The number of rotatable bonds is 4. The molecule has 0 atom stereocenters. The van der Waals surface area contributed by atoms with E-state index in [9.17, 15) is 0 Å². The number of nitrogen functional groups attached to an aromatic ring is 1. The highest BCUT2D eigenvalue weighted by atomic mass is 16.5. The Morgan fingerprint density at radius 2 is 2.10 bits per heavy atom. The first kappa shape index (κ1) is 13.3. The van der Waals surface area contributed by atoms with Crippen molar-refractivity contribution in [2.24, 2.45) is 0 Å². The van der Waals surface area contributed by atoms with Crippen LogP contribution in [0.2, 0.25) is 0 Å². The molecule has 1 heterocycles. The van der Waals surface area contributed by atoms with Crippen LogP contribution in [-0.2, 0) is 6.54 Å². The summed E-state index contributed by atoms with van der Waals surface area (Å²) in [6.45, 7) is 0.571. The van der Waals surface area contributed by atoms with Crippen LogP contribution in [0.3, 0.4) is 0 Å². The highest BCUT2D eigenvalue weighted by Crippen LogP contribution is 2.23. The van der Waals surface area contributed by atoms with Crippen molar-refractivity contribution in [3.63, 3.8) is 0 Å². The maximum absolute atomic E-state index is 5.75. The SMILES string of the molecule is COc1cccc(N(C)Cc2nc3ccc(N)cc3o2)c1. The average molecular weight is 283 g/mol. The topological polar surface area (TPSA) is 64.5 Å². The van der Waals surface area contributed by atoms with E-state index in [1.807, 2.05) is 43.4 Å². The second-order valence-corrected chi connectivity index (χ2v) is 4.89. The Morgan fingerprint density at radius 3 is 2.90 bits per heavy atom. The van der Waals surface area contributed by atoms with Crippen molar-refractivity contribution < 1.29 is 9.15 Å². The molecule has 1 aromatic heterocycles. The highest BCUT2D eigenvalue weighted by molar-refractivity contribution is 5.76. The number of fused-ring (bicyclic) bond motifs is 1. The summed E-state index contributed by atoms with van der Waals surface area (Å²) >= 11 is 0. The Morgan fingerprint density at radius 1 is 1.24 bits per heavy atom. The first-order chi connectivity index (χ1) is 10.2. The van der Waals surface area contributed by atoms with Crippen molar-refractivity contribution in [1.82, 2.24) is 4.98 Å². The van der Waals surface area contributed by atoms with E-state index in [2.05, 4.69) is 9.88 Å². The smallest absolute Gasteiger partial charge is 0.215 e. The van der Waals surface area contributed by atoms with Crippen LogP contribution in [0, 0.1) is 0 Å². The number of hydrogen-bond acceptors (Lipinski definition) is 5. The molecular weight excluding hydrogens is 266 g/mol. The number of ether oxygens (including phenoxy) is 1. The minimum absolute atomic E-state index is 0.571. The zero-order valence-electron chi connectivity index (χ0n) is 12.0. The molecule has 0 aliphatic heterocycles. The van der Waals surface area contributed by atoms with Gasteiger partial charge in [-0.2, -0.15) is 0 Å². The lowest BCUT2D eigenvalue weighted by atomic mass is 10.3. The van der Waals surface area contributed by atoms with Crippen LogP contribution in [-0.4, -0.2) is 19.1 Å². The van der Waals surface area contributed by atoms with Gasteiger partial charge in [-0.25, -0.2) is 4.98 Å². The number of benzene rings is 2. The molecule has 21 heavy (non-hydrogen) atoms. The zero-order valence-corrected chi connectivity index (χ0v) is 12.0. The van der Waals surface area contributed by atoms with E-state index in [1.165, 1.54) is 0 Å². The van der Waals surface area contributed by atoms with Crippen LogP contribution >= 0.6 is 0 Å². The van der Waals surface area contributed by atoms with Crippen molar-refractivity contribution in [3.8, 4) is 5.75 Å². The molecule has 2 aromatic carbocycles. The fourth-order valence-electron chi connectivity index (χ4n) is 2.20. The summed E-state index contributed by atoms with van der Waals surface area (Å²) in [5.41, 5.74) is 8.99. The molecule has 0 amide bonds. The maximum atomic E-state index is 5.75. The summed E-state index contributed by atoms with van der Waals surface area (Å²) in [4.78, 5) is 6.52. The van der Waals surface area contributed by atoms with E-state index in [1.54, 1.807) is 13.2 Å². The van der Waals surface area contributed by atoms with E-state index in [4.69, 9.17) is 14.9 Å². The molecular formula is C16H17N3O2. The Labute approximate surface area is 122 Å². The minimum atomic E-state index is 0.571. The van der Waals surface area contributed by atoms with Crippen LogP contribution in [0.4, 0.5) is 11.4 Å². The molecule has 108 valence electrons. The lowest BCUT2D eigenvalue weighted by Gasteiger charge is -2.17. The van der Waals surface area contributed by atoms with Gasteiger partial charge in [-0.05, 0) is 24.3 Å². The summed E-state index contributed by atoms with van der Waals surface area (Å²) in [5.74, 6) is 1.48. The van der Waals surface area contributed by atoms with Crippen LogP contribution in [0.25, 0.3) is 11.1 Å². The van der Waals surface area contributed by atoms with Crippen molar-refractivity contribution >= 4 is 22.5 Å². The van der Waals surface area contributed by atoms with Gasteiger partial charge in [0.15, 0.2) is 5.58 Å².